The molecule has 0 unspecified atom stereocenters. The highest BCUT2D eigenvalue weighted by Crippen LogP contribution is 2.36. The predicted molar refractivity (Wildman–Crippen MR) is 162 cm³/mol. The molecule has 0 aliphatic rings. The van der Waals surface area contributed by atoms with E-state index in [0.29, 0.717) is 27.2 Å². The number of halogens is 3. The van der Waals surface area contributed by atoms with E-state index in [1.165, 1.54) is 17.7 Å². The Morgan fingerprint density at radius 1 is 0.488 bits per heavy atom. The van der Waals surface area contributed by atoms with Gasteiger partial charge in [-0.15, -0.1) is 0 Å². The molecule has 0 heterocycles. The second kappa shape index (κ2) is 9.65. The summed E-state index contributed by atoms with van der Waals surface area (Å²) in [6, 6.07) is 29.0. The van der Waals surface area contributed by atoms with Crippen LogP contribution in [0, 0.1) is 29.8 Å². The molecular formula is C36H19F3N4. The zero-order valence-corrected chi connectivity index (χ0v) is 22.7. The smallest absolute Gasteiger partial charge is 0.172 e. The first-order chi connectivity index (χ1) is 20.8. The van der Waals surface area contributed by atoms with E-state index in [1.54, 1.807) is 0 Å². The number of hydrogen-bond acceptors (Lipinski definition) is 4. The van der Waals surface area contributed by atoms with E-state index in [1.807, 2.05) is 55.7 Å². The summed E-state index contributed by atoms with van der Waals surface area (Å²) >= 11 is 0. The molecule has 0 atom stereocenters. The molecule has 43 heavy (non-hydrogen) atoms. The van der Waals surface area contributed by atoms with E-state index in [-0.39, 0.29) is 0 Å². The summed E-state index contributed by atoms with van der Waals surface area (Å²) < 4.78 is 39.3. The largest absolute Gasteiger partial charge is 0.416 e. The van der Waals surface area contributed by atoms with E-state index in [2.05, 4.69) is 46.4 Å². The summed E-state index contributed by atoms with van der Waals surface area (Å²) in [5, 5.41) is 26.9. The Morgan fingerprint density at radius 2 is 0.884 bits per heavy atom. The third-order valence-electron chi connectivity index (χ3n) is 8.05. The number of nitrogens with zero attached hydrogens (tertiary/aromatic N) is 4. The highest BCUT2D eigenvalue weighted by Gasteiger charge is 2.30. The molecule has 0 amide bonds. The van der Waals surface area contributed by atoms with Gasteiger partial charge in [-0.25, -0.2) is 0 Å². The average molecular weight is 565 g/mol. The lowest BCUT2D eigenvalue weighted by atomic mass is 10.0. The zero-order valence-electron chi connectivity index (χ0n) is 22.7. The molecular weight excluding hydrogens is 545 g/mol. The molecule has 0 aliphatic carbocycles. The zero-order chi connectivity index (χ0) is 29.9. The molecule has 0 saturated heterocycles. The number of nitriles is 2. The maximum Gasteiger partial charge on any atom is 0.416 e. The van der Waals surface area contributed by atoms with Gasteiger partial charge in [-0.3, -0.25) is 0 Å². The molecule has 7 aromatic carbocycles. The summed E-state index contributed by atoms with van der Waals surface area (Å²) in [7, 11) is 0. The fraction of sp³-hybridized carbons (Fsp3) is 0.0556. The molecule has 0 fully saturated rings. The summed E-state index contributed by atoms with van der Waals surface area (Å²) in [6.07, 6.45) is -0.558. The Morgan fingerprint density at radius 3 is 1.33 bits per heavy atom. The van der Waals surface area contributed by atoms with Crippen LogP contribution in [-0.4, -0.2) is 0 Å². The van der Waals surface area contributed by atoms with Crippen molar-refractivity contribution in [1.29, 1.82) is 10.5 Å². The number of alkyl halides is 3. The molecule has 0 N–H and O–H groups in total. The van der Waals surface area contributed by atoms with E-state index >= 15 is 0 Å². The molecule has 0 saturated carbocycles. The van der Waals surface area contributed by atoms with Crippen molar-refractivity contribution in [3.8, 4) is 34.6 Å². The third kappa shape index (κ3) is 4.22. The van der Waals surface area contributed by atoms with Crippen LogP contribution in [0.15, 0.2) is 107 Å². The molecule has 0 bridgehead atoms. The van der Waals surface area contributed by atoms with Gasteiger partial charge in [-0.2, -0.15) is 33.7 Å². The van der Waals surface area contributed by atoms with Crippen molar-refractivity contribution < 1.29 is 13.2 Å². The average Bonchev–Trinajstić information content (AvgIpc) is 3.47. The minimum atomic E-state index is -4.42. The van der Waals surface area contributed by atoms with Crippen LogP contribution >= 0.6 is 0 Å². The Balaban J connectivity index is 1.48. The molecule has 204 valence electrons. The van der Waals surface area contributed by atoms with Gasteiger partial charge < -0.3 is 0 Å². The van der Waals surface area contributed by atoms with Crippen molar-refractivity contribution in [2.75, 3.05) is 0 Å². The molecule has 0 spiro atoms. The number of fused-ring (bicyclic) bond motifs is 6. The molecule has 4 nitrogen and oxygen atoms in total. The maximum absolute atomic E-state index is 13.1. The van der Waals surface area contributed by atoms with Crippen LogP contribution < -0.4 is 10.7 Å². The van der Waals surface area contributed by atoms with E-state index < -0.39 is 11.7 Å². The van der Waals surface area contributed by atoms with Crippen molar-refractivity contribution in [3.63, 3.8) is 0 Å². The van der Waals surface area contributed by atoms with Crippen molar-refractivity contribution in [3.05, 3.63) is 119 Å². The van der Waals surface area contributed by atoms with E-state index in [4.69, 9.17) is 0 Å². The Kier molecular flexibility index (Phi) is 5.86. The van der Waals surface area contributed by atoms with Gasteiger partial charge in [-0.1, -0.05) is 66.2 Å². The summed E-state index contributed by atoms with van der Waals surface area (Å²) in [5.74, 6) is 0. The van der Waals surface area contributed by atoms with Gasteiger partial charge in [0.05, 0.1) is 16.3 Å². The number of hydrogen-bond donors (Lipinski definition) is 0. The van der Waals surface area contributed by atoms with Gasteiger partial charge in [0.2, 0.25) is 12.4 Å². The Labute approximate surface area is 243 Å². The number of rotatable bonds is 2. The van der Waals surface area contributed by atoms with E-state index in [9.17, 15) is 23.7 Å². The lowest BCUT2D eigenvalue weighted by molar-refractivity contribution is -0.137. The second-order valence-corrected chi connectivity index (χ2v) is 10.5. The van der Waals surface area contributed by atoms with Gasteiger partial charge in [-0.05, 0) is 87.1 Å². The summed E-state index contributed by atoms with van der Waals surface area (Å²) in [4.78, 5) is 8.38. The van der Waals surface area contributed by atoms with Gasteiger partial charge in [0.15, 0.2) is 0 Å². The third-order valence-corrected chi connectivity index (χ3v) is 8.05. The molecule has 7 rings (SSSR count). The molecule has 0 radical (unpaired) electrons. The van der Waals surface area contributed by atoms with Crippen LogP contribution in [0.2, 0.25) is 0 Å². The highest BCUT2D eigenvalue weighted by atomic mass is 19.4. The van der Waals surface area contributed by atoms with Crippen LogP contribution in [0.25, 0.3) is 65.3 Å². The summed E-state index contributed by atoms with van der Waals surface area (Å²) in [6.45, 7) is 2.04. The van der Waals surface area contributed by atoms with Crippen LogP contribution in [0.5, 0.6) is 0 Å². The first-order valence-corrected chi connectivity index (χ1v) is 13.4. The first kappa shape index (κ1) is 26.1. The van der Waals surface area contributed by atoms with Gasteiger partial charge in [0, 0.05) is 21.5 Å². The monoisotopic (exact) mass is 564 g/mol. The van der Waals surface area contributed by atoms with Crippen molar-refractivity contribution in [1.82, 2.24) is 0 Å². The Bertz CT molecular complexity index is 2450. The molecule has 7 heteroatoms. The normalized spacial score (nSPS) is 12.9. The lowest BCUT2D eigenvalue weighted by Crippen LogP contribution is -2.04. The SMILES string of the molecule is Cc1ccc(-c2ccc3c(c2)/c(=N\C#N)c2cc4/c(=N\C#N)c5cc(-c6ccc(C(F)(F)F)cc6)ccc5c4cc23)cc1. The van der Waals surface area contributed by atoms with Crippen LogP contribution in [-0.2, 0) is 6.18 Å². The molecule has 0 aromatic heterocycles. The fourth-order valence-electron chi connectivity index (χ4n) is 5.98. The topological polar surface area (TPSA) is 72.3 Å². The van der Waals surface area contributed by atoms with Crippen LogP contribution in [0.3, 0.4) is 0 Å². The second-order valence-electron chi connectivity index (χ2n) is 10.5. The molecule has 0 aliphatic heterocycles. The van der Waals surface area contributed by atoms with Crippen molar-refractivity contribution in [2.24, 2.45) is 9.98 Å². The van der Waals surface area contributed by atoms with E-state index in [0.717, 1.165) is 61.0 Å². The van der Waals surface area contributed by atoms with Crippen molar-refractivity contribution in [2.45, 2.75) is 13.1 Å². The minimum Gasteiger partial charge on any atom is -0.172 e. The quantitative estimate of drug-likeness (QED) is 0.197. The summed E-state index contributed by atoms with van der Waals surface area (Å²) in [5.41, 5.74) is 3.85. The first-order valence-electron chi connectivity index (χ1n) is 13.4. The predicted octanol–water partition coefficient (Wildman–Crippen LogP) is 8.60. The fourth-order valence-corrected chi connectivity index (χ4v) is 5.98. The van der Waals surface area contributed by atoms with Gasteiger partial charge in [0.1, 0.15) is 0 Å². The number of benzene rings is 5. The van der Waals surface area contributed by atoms with Crippen molar-refractivity contribution >= 4 is 43.1 Å². The molecule has 7 aromatic rings. The number of aryl methyl sites for hydroxylation is 1. The lowest BCUT2D eigenvalue weighted by Gasteiger charge is -2.08. The van der Waals surface area contributed by atoms with Crippen LogP contribution in [0.4, 0.5) is 13.2 Å². The minimum absolute atomic E-state index is 0.469. The van der Waals surface area contributed by atoms with Gasteiger partial charge in [0.25, 0.3) is 0 Å². The maximum atomic E-state index is 13.1. The van der Waals surface area contributed by atoms with Crippen LogP contribution in [0.1, 0.15) is 11.1 Å². The van der Waals surface area contributed by atoms with Gasteiger partial charge >= 0.3 is 6.18 Å². The Hall–Kier alpha value is -5.79. The highest BCUT2D eigenvalue weighted by molar-refractivity contribution is 6.21. The standard InChI is InChI=1S/C36H19F3N4/c1-20-2-4-21(5-3-20)23-8-12-26-28-16-29-27-13-9-24(22-6-10-25(11-7-22)36(37,38)39)15-31(27)35(43-19-41)33(29)17-32(28)34(42-18-40)30(26)14-23/h2-17H,1H3/b42-34+,43-35-.